The van der Waals surface area contributed by atoms with Crippen LogP contribution in [0.5, 0.6) is 11.5 Å². The summed E-state index contributed by atoms with van der Waals surface area (Å²) in [4.78, 5) is 24.9. The van der Waals surface area contributed by atoms with Gasteiger partial charge in [-0.15, -0.1) is 0 Å². The van der Waals surface area contributed by atoms with Crippen molar-refractivity contribution in [2.45, 2.75) is 32.9 Å². The summed E-state index contributed by atoms with van der Waals surface area (Å²) in [6, 6.07) is 12.8. The molecule has 1 aromatic heterocycles. The van der Waals surface area contributed by atoms with Crippen molar-refractivity contribution < 1.29 is 14.3 Å². The van der Waals surface area contributed by atoms with Crippen LogP contribution in [0.25, 0.3) is 10.9 Å². The minimum atomic E-state index is -0.194. The summed E-state index contributed by atoms with van der Waals surface area (Å²) in [5, 5.41) is 7.80. The molecule has 2 aromatic carbocycles. The molecule has 0 saturated carbocycles. The van der Waals surface area contributed by atoms with Crippen LogP contribution in [0.3, 0.4) is 0 Å². The zero-order valence-electron chi connectivity index (χ0n) is 17.1. The van der Waals surface area contributed by atoms with E-state index in [0.717, 1.165) is 17.7 Å². The van der Waals surface area contributed by atoms with Crippen LogP contribution in [-0.2, 0) is 11.3 Å². The lowest BCUT2D eigenvalue weighted by Crippen LogP contribution is -2.35. The van der Waals surface area contributed by atoms with Crippen LogP contribution in [0.1, 0.15) is 31.9 Å². The zero-order valence-corrected chi connectivity index (χ0v) is 17.1. The van der Waals surface area contributed by atoms with Gasteiger partial charge in [0, 0.05) is 11.8 Å². The Balaban J connectivity index is 1.56. The van der Waals surface area contributed by atoms with Gasteiger partial charge in [0.05, 0.1) is 31.0 Å². The van der Waals surface area contributed by atoms with Gasteiger partial charge in [-0.2, -0.15) is 5.10 Å². The molecule has 1 aliphatic rings. The lowest BCUT2D eigenvalue weighted by atomic mass is 9.95. The Morgan fingerprint density at radius 1 is 1.13 bits per heavy atom. The van der Waals surface area contributed by atoms with Gasteiger partial charge in [-0.3, -0.25) is 14.3 Å². The van der Waals surface area contributed by atoms with E-state index >= 15 is 0 Å². The van der Waals surface area contributed by atoms with E-state index in [1.807, 2.05) is 24.3 Å². The number of nitrogens with zero attached hydrogens (tertiary/aromatic N) is 2. The number of aromatic nitrogens is 2. The number of para-hydroxylation sites is 1. The highest BCUT2D eigenvalue weighted by atomic mass is 16.5. The Morgan fingerprint density at radius 2 is 1.90 bits per heavy atom. The number of ether oxygens (including phenoxy) is 2. The minimum absolute atomic E-state index is 0.0224. The highest BCUT2D eigenvalue weighted by molar-refractivity contribution is 5.81. The Labute approximate surface area is 174 Å². The van der Waals surface area contributed by atoms with Crippen LogP contribution in [0.2, 0.25) is 0 Å². The van der Waals surface area contributed by atoms with E-state index in [-0.39, 0.29) is 29.8 Å². The standard InChI is InChI=1S/C23H25N3O4/c1-15(2)23(16-8-9-20-21(12-16)30-11-5-10-29-20)25-22(28)14-26-18-7-4-3-6-17(18)19(27)13-24-26/h3-4,6-9,12-13,15,23H,5,10-11,14H2,1-2H3,(H,25,28). The molecule has 0 aliphatic carbocycles. The molecule has 0 spiro atoms. The summed E-state index contributed by atoms with van der Waals surface area (Å²) in [6.45, 7) is 5.38. The predicted octanol–water partition coefficient (Wildman–Crippen LogP) is 3.07. The van der Waals surface area contributed by atoms with Gasteiger partial charge in [0.15, 0.2) is 11.5 Å². The van der Waals surface area contributed by atoms with E-state index in [0.29, 0.717) is 29.9 Å². The van der Waals surface area contributed by atoms with Gasteiger partial charge in [-0.25, -0.2) is 0 Å². The first-order valence-electron chi connectivity index (χ1n) is 10.2. The monoisotopic (exact) mass is 407 g/mol. The lowest BCUT2D eigenvalue weighted by molar-refractivity contribution is -0.122. The maximum atomic E-state index is 12.9. The van der Waals surface area contributed by atoms with Gasteiger partial charge in [0.1, 0.15) is 6.54 Å². The van der Waals surface area contributed by atoms with Gasteiger partial charge < -0.3 is 14.8 Å². The summed E-state index contributed by atoms with van der Waals surface area (Å²) in [5.41, 5.74) is 1.44. The van der Waals surface area contributed by atoms with Crippen LogP contribution in [-0.4, -0.2) is 28.9 Å². The molecule has 1 N–H and O–H groups in total. The van der Waals surface area contributed by atoms with Crippen molar-refractivity contribution >= 4 is 16.8 Å². The van der Waals surface area contributed by atoms with E-state index in [4.69, 9.17) is 9.47 Å². The van der Waals surface area contributed by atoms with E-state index in [9.17, 15) is 9.59 Å². The summed E-state index contributed by atoms with van der Waals surface area (Å²) >= 11 is 0. The Bertz CT molecular complexity index is 1120. The number of carbonyl (C=O) groups is 1. The second kappa shape index (κ2) is 8.57. The van der Waals surface area contributed by atoms with Crippen molar-refractivity contribution in [3.8, 4) is 11.5 Å². The molecule has 0 radical (unpaired) electrons. The predicted molar refractivity (Wildman–Crippen MR) is 114 cm³/mol. The number of amides is 1. The lowest BCUT2D eigenvalue weighted by Gasteiger charge is -2.24. The molecule has 156 valence electrons. The summed E-state index contributed by atoms with van der Waals surface area (Å²) in [7, 11) is 0. The SMILES string of the molecule is CC(C)C(NC(=O)Cn1ncc(=O)c2ccccc21)c1ccc2c(c1)OCCCO2. The number of fused-ring (bicyclic) bond motifs is 2. The van der Waals surface area contributed by atoms with Gasteiger partial charge in [-0.05, 0) is 35.7 Å². The molecular formula is C23H25N3O4. The van der Waals surface area contributed by atoms with Gasteiger partial charge in [0.25, 0.3) is 0 Å². The third-order valence-corrected chi connectivity index (χ3v) is 5.17. The van der Waals surface area contributed by atoms with Crippen LogP contribution in [0, 0.1) is 5.92 Å². The Hall–Kier alpha value is -3.35. The number of rotatable bonds is 5. The number of carbonyl (C=O) groups excluding carboxylic acids is 1. The molecule has 0 bridgehead atoms. The topological polar surface area (TPSA) is 82.5 Å². The van der Waals surface area contributed by atoms with Crippen molar-refractivity contribution in [1.29, 1.82) is 0 Å². The van der Waals surface area contributed by atoms with E-state index in [1.165, 1.54) is 6.20 Å². The van der Waals surface area contributed by atoms with Gasteiger partial charge in [0.2, 0.25) is 11.3 Å². The second-order valence-corrected chi connectivity index (χ2v) is 7.73. The number of hydrogen-bond acceptors (Lipinski definition) is 5. The first-order valence-corrected chi connectivity index (χ1v) is 10.2. The molecule has 4 rings (SSSR count). The fourth-order valence-electron chi connectivity index (χ4n) is 3.65. The fourth-order valence-corrected chi connectivity index (χ4v) is 3.65. The molecule has 2 heterocycles. The molecular weight excluding hydrogens is 382 g/mol. The van der Waals surface area contributed by atoms with E-state index in [2.05, 4.69) is 24.3 Å². The van der Waals surface area contributed by atoms with Crippen molar-refractivity contribution in [3.05, 3.63) is 64.4 Å². The highest BCUT2D eigenvalue weighted by Crippen LogP contribution is 2.34. The number of benzene rings is 2. The zero-order chi connectivity index (χ0) is 21.1. The third kappa shape index (κ3) is 4.15. The largest absolute Gasteiger partial charge is 0.490 e. The fraction of sp³-hybridized carbons (Fsp3) is 0.348. The normalized spacial score (nSPS) is 14.4. The van der Waals surface area contributed by atoms with Crippen LogP contribution in [0.15, 0.2) is 53.5 Å². The average Bonchev–Trinajstić information content (AvgIpc) is 2.99. The molecule has 1 amide bonds. The van der Waals surface area contributed by atoms with Gasteiger partial charge >= 0.3 is 0 Å². The maximum absolute atomic E-state index is 12.9. The molecule has 7 nitrogen and oxygen atoms in total. The first kappa shape index (κ1) is 19.9. The van der Waals surface area contributed by atoms with E-state index in [1.54, 1.807) is 22.9 Å². The van der Waals surface area contributed by atoms with Crippen molar-refractivity contribution in [2.75, 3.05) is 13.2 Å². The molecule has 1 atom stereocenters. The van der Waals surface area contributed by atoms with Crippen LogP contribution < -0.4 is 20.2 Å². The second-order valence-electron chi connectivity index (χ2n) is 7.73. The van der Waals surface area contributed by atoms with Crippen molar-refractivity contribution in [1.82, 2.24) is 15.1 Å². The first-order chi connectivity index (χ1) is 14.5. The summed E-state index contributed by atoms with van der Waals surface area (Å²) in [5.74, 6) is 1.42. The molecule has 0 fully saturated rings. The van der Waals surface area contributed by atoms with E-state index < -0.39 is 0 Å². The van der Waals surface area contributed by atoms with Gasteiger partial charge in [-0.1, -0.05) is 32.0 Å². The number of hydrogen-bond donors (Lipinski definition) is 1. The highest BCUT2D eigenvalue weighted by Gasteiger charge is 2.21. The van der Waals surface area contributed by atoms with Crippen molar-refractivity contribution in [2.24, 2.45) is 5.92 Å². The summed E-state index contributed by atoms with van der Waals surface area (Å²) < 4.78 is 13.1. The molecule has 3 aromatic rings. The van der Waals surface area contributed by atoms with Crippen LogP contribution >= 0.6 is 0 Å². The minimum Gasteiger partial charge on any atom is -0.490 e. The average molecular weight is 407 g/mol. The summed E-state index contributed by atoms with van der Waals surface area (Å²) in [6.07, 6.45) is 2.09. The third-order valence-electron chi connectivity index (χ3n) is 5.17. The number of nitrogens with one attached hydrogen (secondary N) is 1. The Morgan fingerprint density at radius 3 is 2.70 bits per heavy atom. The molecule has 1 aliphatic heterocycles. The molecule has 1 unspecified atom stereocenters. The molecule has 0 saturated heterocycles. The van der Waals surface area contributed by atoms with Crippen molar-refractivity contribution in [3.63, 3.8) is 0 Å². The molecule has 30 heavy (non-hydrogen) atoms. The maximum Gasteiger partial charge on any atom is 0.242 e. The Kier molecular flexibility index (Phi) is 5.70. The molecule has 7 heteroatoms. The quantitative estimate of drug-likeness (QED) is 0.703. The smallest absolute Gasteiger partial charge is 0.242 e. The van der Waals surface area contributed by atoms with Crippen LogP contribution in [0.4, 0.5) is 0 Å².